The van der Waals surface area contributed by atoms with E-state index < -0.39 is 0 Å². The van der Waals surface area contributed by atoms with Crippen molar-refractivity contribution in [2.45, 2.75) is 0 Å². The Morgan fingerprint density at radius 3 is 2.62 bits per heavy atom. The van der Waals surface area contributed by atoms with Gasteiger partial charge in [0, 0.05) is 0 Å². The molecule has 2 aromatic rings. The van der Waals surface area contributed by atoms with Gasteiger partial charge in [-0.05, 0) is 11.6 Å². The molecule has 1 aromatic heterocycles. The minimum absolute atomic E-state index is 0.837. The molecule has 0 spiro atoms. The van der Waals surface area contributed by atoms with Gasteiger partial charge < -0.3 is 0 Å². The Morgan fingerprint density at radius 1 is 1.08 bits per heavy atom. The monoisotopic (exact) mass is 171 g/mol. The van der Waals surface area contributed by atoms with Gasteiger partial charge in [0.1, 0.15) is 5.69 Å². The lowest BCUT2D eigenvalue weighted by atomic mass is 10.2. The predicted molar refractivity (Wildman–Crippen MR) is 51.8 cm³/mol. The molecule has 0 saturated heterocycles. The third-order valence-corrected chi connectivity index (χ3v) is 1.68. The first kappa shape index (κ1) is 7.73. The lowest BCUT2D eigenvalue weighted by Gasteiger charge is -1.88. The third kappa shape index (κ3) is 2.02. The number of nitrogens with zero attached hydrogens (tertiary/aromatic N) is 2. The van der Waals surface area contributed by atoms with Gasteiger partial charge in [-0.1, -0.05) is 36.4 Å². The molecule has 0 saturated carbocycles. The zero-order valence-electron chi connectivity index (χ0n) is 7.01. The first-order chi connectivity index (χ1) is 6.45. The van der Waals surface area contributed by atoms with Gasteiger partial charge in [-0.25, -0.2) is 0 Å². The van der Waals surface area contributed by atoms with Crippen molar-refractivity contribution in [2.75, 3.05) is 0 Å². The first-order valence-corrected chi connectivity index (χ1v) is 4.04. The number of nitrogens with one attached hydrogen (secondary N) is 1. The van der Waals surface area contributed by atoms with Gasteiger partial charge in [0.05, 0.1) is 6.20 Å². The molecule has 0 unspecified atom stereocenters. The zero-order valence-corrected chi connectivity index (χ0v) is 7.01. The number of rotatable bonds is 2. The molecule has 0 fully saturated rings. The number of hydrogen-bond donors (Lipinski definition) is 1. The Kier molecular flexibility index (Phi) is 2.18. The van der Waals surface area contributed by atoms with Crippen molar-refractivity contribution in [3.63, 3.8) is 0 Å². The second-order valence-corrected chi connectivity index (χ2v) is 2.64. The summed E-state index contributed by atoms with van der Waals surface area (Å²) in [5.41, 5.74) is 1.99. The number of benzene rings is 1. The van der Waals surface area contributed by atoms with E-state index in [0.29, 0.717) is 0 Å². The summed E-state index contributed by atoms with van der Waals surface area (Å²) in [6.07, 6.45) is 5.59. The minimum Gasteiger partial charge on any atom is -0.197 e. The van der Waals surface area contributed by atoms with E-state index >= 15 is 0 Å². The molecular weight excluding hydrogens is 162 g/mol. The number of aromatic amines is 1. The van der Waals surface area contributed by atoms with E-state index in [2.05, 4.69) is 15.4 Å². The van der Waals surface area contributed by atoms with E-state index in [4.69, 9.17) is 0 Å². The first-order valence-electron chi connectivity index (χ1n) is 4.04. The van der Waals surface area contributed by atoms with Crippen LogP contribution in [0.3, 0.4) is 0 Å². The van der Waals surface area contributed by atoms with E-state index in [1.807, 2.05) is 42.5 Å². The Balaban J connectivity index is 2.15. The number of H-pyrrole nitrogens is 1. The molecule has 0 atom stereocenters. The lowest BCUT2D eigenvalue weighted by Crippen LogP contribution is -1.72. The molecule has 0 aliphatic heterocycles. The van der Waals surface area contributed by atoms with Crippen LogP contribution in [0, 0.1) is 0 Å². The molecule has 0 aliphatic carbocycles. The van der Waals surface area contributed by atoms with Gasteiger partial charge in [0.25, 0.3) is 0 Å². The summed E-state index contributed by atoms with van der Waals surface area (Å²) in [4.78, 5) is 0. The average Bonchev–Trinajstić information content (AvgIpc) is 2.69. The fourth-order valence-electron chi connectivity index (χ4n) is 1.04. The SMILES string of the molecule is C(=C\c1cn[nH]n1)/c1ccccc1. The van der Waals surface area contributed by atoms with Gasteiger partial charge in [-0.3, -0.25) is 0 Å². The summed E-state index contributed by atoms with van der Waals surface area (Å²) < 4.78 is 0. The van der Waals surface area contributed by atoms with Crippen LogP contribution in [-0.2, 0) is 0 Å². The maximum absolute atomic E-state index is 3.91. The van der Waals surface area contributed by atoms with E-state index in [0.717, 1.165) is 11.3 Å². The molecule has 1 heterocycles. The standard InChI is InChI=1S/C10H9N3/c1-2-4-9(5-3-1)6-7-10-8-11-13-12-10/h1-8H,(H,11,12,13)/b7-6+. The zero-order chi connectivity index (χ0) is 8.93. The van der Waals surface area contributed by atoms with E-state index in [1.54, 1.807) is 6.20 Å². The highest BCUT2D eigenvalue weighted by molar-refractivity contribution is 5.67. The maximum Gasteiger partial charge on any atom is 0.105 e. The molecule has 3 nitrogen and oxygen atoms in total. The van der Waals surface area contributed by atoms with Gasteiger partial charge >= 0.3 is 0 Å². The summed E-state index contributed by atoms with van der Waals surface area (Å²) in [6, 6.07) is 10.1. The van der Waals surface area contributed by atoms with Gasteiger partial charge in [-0.2, -0.15) is 15.4 Å². The Hall–Kier alpha value is -1.90. The molecule has 2 rings (SSSR count). The van der Waals surface area contributed by atoms with Crippen LogP contribution >= 0.6 is 0 Å². The smallest absolute Gasteiger partial charge is 0.105 e. The van der Waals surface area contributed by atoms with E-state index in [1.165, 1.54) is 0 Å². The molecule has 0 amide bonds. The summed E-state index contributed by atoms with van der Waals surface area (Å²) >= 11 is 0. The van der Waals surface area contributed by atoms with Gasteiger partial charge in [0.2, 0.25) is 0 Å². The Bertz CT molecular complexity index is 376. The van der Waals surface area contributed by atoms with E-state index in [9.17, 15) is 0 Å². The fraction of sp³-hybridized carbons (Fsp3) is 0. The molecule has 1 aromatic carbocycles. The van der Waals surface area contributed by atoms with Crippen molar-refractivity contribution in [2.24, 2.45) is 0 Å². The molecule has 0 aliphatic rings. The molecule has 64 valence electrons. The Morgan fingerprint density at radius 2 is 1.92 bits per heavy atom. The summed E-state index contributed by atoms with van der Waals surface area (Å²) in [5, 5.41) is 10.2. The van der Waals surface area contributed by atoms with Crippen LogP contribution in [0.4, 0.5) is 0 Å². The average molecular weight is 171 g/mol. The quantitative estimate of drug-likeness (QED) is 0.750. The molecule has 3 heteroatoms. The maximum atomic E-state index is 3.91. The highest BCUT2D eigenvalue weighted by Crippen LogP contribution is 2.03. The van der Waals surface area contributed by atoms with Crippen molar-refractivity contribution in [1.29, 1.82) is 0 Å². The molecular formula is C10H9N3. The second kappa shape index (κ2) is 3.67. The number of aromatic nitrogens is 3. The highest BCUT2D eigenvalue weighted by atomic mass is 15.3. The van der Waals surface area contributed by atoms with Gasteiger partial charge in [-0.15, -0.1) is 0 Å². The second-order valence-electron chi connectivity index (χ2n) is 2.64. The van der Waals surface area contributed by atoms with Crippen molar-refractivity contribution >= 4 is 12.2 Å². The van der Waals surface area contributed by atoms with Crippen LogP contribution in [-0.4, -0.2) is 15.4 Å². The lowest BCUT2D eigenvalue weighted by molar-refractivity contribution is 0.937. The molecule has 1 N–H and O–H groups in total. The van der Waals surface area contributed by atoms with Crippen LogP contribution < -0.4 is 0 Å². The minimum atomic E-state index is 0.837. The largest absolute Gasteiger partial charge is 0.197 e. The van der Waals surface area contributed by atoms with Crippen LogP contribution in [0.1, 0.15) is 11.3 Å². The third-order valence-electron chi connectivity index (χ3n) is 1.68. The van der Waals surface area contributed by atoms with Crippen LogP contribution in [0.15, 0.2) is 36.5 Å². The molecule has 13 heavy (non-hydrogen) atoms. The molecule has 0 bridgehead atoms. The van der Waals surface area contributed by atoms with Crippen molar-refractivity contribution in [1.82, 2.24) is 15.4 Å². The summed E-state index contributed by atoms with van der Waals surface area (Å²) in [6.45, 7) is 0. The van der Waals surface area contributed by atoms with Gasteiger partial charge in [0.15, 0.2) is 0 Å². The van der Waals surface area contributed by atoms with Crippen molar-refractivity contribution < 1.29 is 0 Å². The van der Waals surface area contributed by atoms with Crippen molar-refractivity contribution in [3.8, 4) is 0 Å². The predicted octanol–water partition coefficient (Wildman–Crippen LogP) is 1.98. The summed E-state index contributed by atoms with van der Waals surface area (Å²) in [7, 11) is 0. The topological polar surface area (TPSA) is 41.6 Å². The highest BCUT2D eigenvalue weighted by Gasteiger charge is 1.87. The summed E-state index contributed by atoms with van der Waals surface area (Å²) in [5.74, 6) is 0. The Labute approximate surface area is 76.1 Å². The van der Waals surface area contributed by atoms with Crippen LogP contribution in [0.2, 0.25) is 0 Å². The molecule has 0 radical (unpaired) electrons. The fourth-order valence-corrected chi connectivity index (χ4v) is 1.04. The van der Waals surface area contributed by atoms with Crippen molar-refractivity contribution in [3.05, 3.63) is 47.8 Å². The van der Waals surface area contributed by atoms with E-state index in [-0.39, 0.29) is 0 Å². The van der Waals surface area contributed by atoms with Crippen LogP contribution in [0.5, 0.6) is 0 Å². The number of hydrogen-bond acceptors (Lipinski definition) is 2. The normalized spacial score (nSPS) is 10.8. The van der Waals surface area contributed by atoms with Crippen LogP contribution in [0.25, 0.3) is 12.2 Å².